The third-order valence-corrected chi connectivity index (χ3v) is 1.76. The number of rotatable bonds is 4. The quantitative estimate of drug-likeness (QED) is 0.546. The van der Waals surface area contributed by atoms with E-state index < -0.39 is 12.2 Å². The molecule has 0 aliphatic rings. The molecule has 1 heterocycles. The van der Waals surface area contributed by atoms with Gasteiger partial charge in [-0.3, -0.25) is 4.79 Å². The van der Waals surface area contributed by atoms with Gasteiger partial charge in [0.15, 0.2) is 12.0 Å². The van der Waals surface area contributed by atoms with Crippen LogP contribution in [-0.2, 0) is 0 Å². The lowest BCUT2D eigenvalue weighted by atomic mass is 10.1. The van der Waals surface area contributed by atoms with Crippen LogP contribution in [0.4, 0.5) is 0 Å². The van der Waals surface area contributed by atoms with Crippen molar-refractivity contribution >= 4 is 6.29 Å². The van der Waals surface area contributed by atoms with Crippen molar-refractivity contribution in [1.29, 1.82) is 0 Å². The van der Waals surface area contributed by atoms with E-state index in [4.69, 9.17) is 10.2 Å². The minimum absolute atomic E-state index is 0.0139. The molecular formula is C8H11NO4. The van der Waals surface area contributed by atoms with E-state index in [-0.39, 0.29) is 17.9 Å². The fourth-order valence-corrected chi connectivity index (χ4v) is 1.01. The van der Waals surface area contributed by atoms with Crippen LogP contribution in [0.5, 0.6) is 0 Å². The van der Waals surface area contributed by atoms with Crippen molar-refractivity contribution in [2.24, 2.45) is 5.73 Å². The van der Waals surface area contributed by atoms with Crippen molar-refractivity contribution in [2.45, 2.75) is 12.2 Å². The van der Waals surface area contributed by atoms with Gasteiger partial charge in [0.05, 0.1) is 12.4 Å². The Morgan fingerprint density at radius 1 is 1.62 bits per heavy atom. The summed E-state index contributed by atoms with van der Waals surface area (Å²) in [6.45, 7) is -0.0787. The Morgan fingerprint density at radius 3 is 2.85 bits per heavy atom. The van der Waals surface area contributed by atoms with Gasteiger partial charge in [-0.25, -0.2) is 0 Å². The number of nitrogens with two attached hydrogens (primary N) is 1. The standard InChI is InChI=1S/C8H11NO4/c9-3-6(11)8(12)5-1-2-13-7(5)4-10/h1-2,4,6,8,11-12H,3,9H2. The zero-order valence-electron chi connectivity index (χ0n) is 6.88. The maximum atomic E-state index is 10.4. The summed E-state index contributed by atoms with van der Waals surface area (Å²) in [5, 5.41) is 18.6. The molecule has 72 valence electrons. The molecule has 1 aromatic rings. The number of aliphatic hydroxyl groups excluding tert-OH is 2. The summed E-state index contributed by atoms with van der Waals surface area (Å²) >= 11 is 0. The summed E-state index contributed by atoms with van der Waals surface area (Å²) in [5.74, 6) is 0.0139. The molecule has 0 radical (unpaired) electrons. The van der Waals surface area contributed by atoms with Crippen LogP contribution < -0.4 is 5.73 Å². The molecule has 0 saturated carbocycles. The van der Waals surface area contributed by atoms with Crippen molar-refractivity contribution in [3.05, 3.63) is 23.7 Å². The molecule has 0 aromatic carbocycles. The smallest absolute Gasteiger partial charge is 0.185 e. The lowest BCUT2D eigenvalue weighted by Gasteiger charge is -2.14. The first-order valence-corrected chi connectivity index (χ1v) is 3.79. The van der Waals surface area contributed by atoms with E-state index in [0.717, 1.165) is 0 Å². The Morgan fingerprint density at radius 2 is 2.31 bits per heavy atom. The van der Waals surface area contributed by atoms with Gasteiger partial charge < -0.3 is 20.4 Å². The van der Waals surface area contributed by atoms with E-state index in [1.165, 1.54) is 12.3 Å². The number of carbonyl (C=O) groups is 1. The number of aliphatic hydroxyl groups is 2. The monoisotopic (exact) mass is 185 g/mol. The summed E-state index contributed by atoms with van der Waals surface area (Å²) in [6, 6.07) is 1.42. The lowest BCUT2D eigenvalue weighted by Crippen LogP contribution is -2.27. The summed E-state index contributed by atoms with van der Waals surface area (Å²) in [7, 11) is 0. The van der Waals surface area contributed by atoms with Gasteiger partial charge >= 0.3 is 0 Å². The Labute approximate surface area is 74.8 Å². The highest BCUT2D eigenvalue weighted by atomic mass is 16.3. The molecule has 13 heavy (non-hydrogen) atoms. The summed E-state index contributed by atoms with van der Waals surface area (Å²) in [4.78, 5) is 10.4. The van der Waals surface area contributed by atoms with Crippen molar-refractivity contribution in [3.8, 4) is 0 Å². The van der Waals surface area contributed by atoms with Gasteiger partial charge in [0.2, 0.25) is 0 Å². The van der Waals surface area contributed by atoms with Gasteiger partial charge in [-0.15, -0.1) is 0 Å². The highest BCUT2D eigenvalue weighted by Crippen LogP contribution is 2.20. The number of carbonyl (C=O) groups excluding carboxylic acids is 1. The fourth-order valence-electron chi connectivity index (χ4n) is 1.01. The maximum absolute atomic E-state index is 10.4. The van der Waals surface area contributed by atoms with Gasteiger partial charge in [-0.05, 0) is 6.07 Å². The second-order valence-electron chi connectivity index (χ2n) is 2.61. The molecule has 2 unspecified atom stereocenters. The molecule has 1 aromatic heterocycles. The van der Waals surface area contributed by atoms with Crippen LogP contribution in [0.3, 0.4) is 0 Å². The molecule has 1 rings (SSSR count). The molecule has 4 N–H and O–H groups in total. The van der Waals surface area contributed by atoms with Gasteiger partial charge in [0, 0.05) is 12.1 Å². The first kappa shape index (κ1) is 9.91. The lowest BCUT2D eigenvalue weighted by molar-refractivity contribution is 0.0235. The minimum atomic E-state index is -1.18. The molecule has 5 nitrogen and oxygen atoms in total. The van der Waals surface area contributed by atoms with Crippen LogP contribution in [0.1, 0.15) is 22.2 Å². The molecule has 0 bridgehead atoms. The molecule has 5 heteroatoms. The molecule has 0 fully saturated rings. The molecule has 0 aliphatic heterocycles. The van der Waals surface area contributed by atoms with Crippen LogP contribution in [0.15, 0.2) is 16.7 Å². The van der Waals surface area contributed by atoms with E-state index >= 15 is 0 Å². The van der Waals surface area contributed by atoms with Crippen LogP contribution in [0, 0.1) is 0 Å². The summed E-state index contributed by atoms with van der Waals surface area (Å²) in [5.41, 5.74) is 5.40. The first-order chi connectivity index (χ1) is 6.20. The third-order valence-electron chi connectivity index (χ3n) is 1.76. The zero-order chi connectivity index (χ0) is 9.84. The molecular weight excluding hydrogens is 174 g/mol. The Bertz CT molecular complexity index is 283. The van der Waals surface area contributed by atoms with Crippen LogP contribution in [0.2, 0.25) is 0 Å². The zero-order valence-corrected chi connectivity index (χ0v) is 6.88. The number of aldehydes is 1. The van der Waals surface area contributed by atoms with Crippen molar-refractivity contribution < 1.29 is 19.4 Å². The number of hydrogen-bond acceptors (Lipinski definition) is 5. The van der Waals surface area contributed by atoms with E-state index in [1.54, 1.807) is 0 Å². The Balaban J connectivity index is 2.87. The van der Waals surface area contributed by atoms with Gasteiger partial charge in [0.1, 0.15) is 6.10 Å². The normalized spacial score (nSPS) is 15.3. The molecule has 0 amide bonds. The van der Waals surface area contributed by atoms with Crippen molar-refractivity contribution in [3.63, 3.8) is 0 Å². The topological polar surface area (TPSA) is 96.7 Å². The van der Waals surface area contributed by atoms with E-state index in [1.807, 2.05) is 0 Å². The molecule has 0 spiro atoms. The summed E-state index contributed by atoms with van der Waals surface area (Å²) in [6.07, 6.45) is -0.520. The number of hydrogen-bond donors (Lipinski definition) is 3. The van der Waals surface area contributed by atoms with Gasteiger partial charge in [-0.1, -0.05) is 0 Å². The van der Waals surface area contributed by atoms with E-state index in [2.05, 4.69) is 0 Å². The molecule has 0 aliphatic carbocycles. The number of furan rings is 1. The fraction of sp³-hybridized carbons (Fsp3) is 0.375. The van der Waals surface area contributed by atoms with Crippen molar-refractivity contribution in [2.75, 3.05) is 6.54 Å². The van der Waals surface area contributed by atoms with Crippen molar-refractivity contribution in [1.82, 2.24) is 0 Å². The van der Waals surface area contributed by atoms with Crippen LogP contribution in [0.25, 0.3) is 0 Å². The second kappa shape index (κ2) is 4.18. The predicted octanol–water partition coefficient (Wildman–Crippen LogP) is -0.555. The maximum Gasteiger partial charge on any atom is 0.185 e. The average molecular weight is 185 g/mol. The van der Waals surface area contributed by atoms with Gasteiger partial charge in [-0.2, -0.15) is 0 Å². The SMILES string of the molecule is NCC(O)C(O)c1ccoc1C=O. The van der Waals surface area contributed by atoms with Gasteiger partial charge in [0.25, 0.3) is 0 Å². The largest absolute Gasteiger partial charge is 0.461 e. The van der Waals surface area contributed by atoms with Crippen LogP contribution >= 0.6 is 0 Å². The van der Waals surface area contributed by atoms with Crippen LogP contribution in [-0.4, -0.2) is 29.1 Å². The molecule has 0 saturated heterocycles. The molecule has 2 atom stereocenters. The Hall–Kier alpha value is -1.17. The highest BCUT2D eigenvalue weighted by molar-refractivity contribution is 5.73. The van der Waals surface area contributed by atoms with E-state index in [9.17, 15) is 15.0 Å². The third kappa shape index (κ3) is 1.95. The predicted molar refractivity (Wildman–Crippen MR) is 44.1 cm³/mol. The second-order valence-corrected chi connectivity index (χ2v) is 2.61. The Kier molecular flexibility index (Phi) is 3.18. The van der Waals surface area contributed by atoms with E-state index in [0.29, 0.717) is 6.29 Å². The first-order valence-electron chi connectivity index (χ1n) is 3.79. The highest BCUT2D eigenvalue weighted by Gasteiger charge is 2.21. The minimum Gasteiger partial charge on any atom is -0.461 e. The summed E-state index contributed by atoms with van der Waals surface area (Å²) < 4.78 is 4.75. The average Bonchev–Trinajstić information content (AvgIpc) is 2.62.